The van der Waals surface area contributed by atoms with Crippen LogP contribution >= 0.6 is 0 Å². The van der Waals surface area contributed by atoms with Crippen LogP contribution in [0.5, 0.6) is 0 Å². The quantitative estimate of drug-likeness (QED) is 0.250. The lowest BCUT2D eigenvalue weighted by molar-refractivity contribution is 0.0695. The molecule has 0 spiro atoms. The maximum atomic E-state index is 14.7. The van der Waals surface area contributed by atoms with Gasteiger partial charge in [-0.05, 0) is 54.1 Å². The number of benzene rings is 3. The number of aromatic carboxylic acids is 1. The number of rotatable bonds is 5. The van der Waals surface area contributed by atoms with Gasteiger partial charge >= 0.3 is 5.97 Å². The molecule has 1 heterocycles. The highest BCUT2D eigenvalue weighted by Gasteiger charge is 2.17. The van der Waals surface area contributed by atoms with E-state index in [0.717, 1.165) is 6.07 Å². The van der Waals surface area contributed by atoms with Crippen molar-refractivity contribution in [3.05, 3.63) is 99.8 Å². The number of nitrogens with two attached hydrogens (primary N) is 1. The number of nitrogens with zero attached hydrogens (tertiary/aromatic N) is 2. The van der Waals surface area contributed by atoms with E-state index in [1.165, 1.54) is 47.3 Å². The second-order valence-electron chi connectivity index (χ2n) is 6.91. The molecular formula is C23H16F2N4O3. The number of nitrogen functional groups attached to an aromatic ring is 1. The molecule has 3 aromatic carbocycles. The van der Waals surface area contributed by atoms with Crippen LogP contribution < -0.4 is 16.6 Å². The van der Waals surface area contributed by atoms with Crippen LogP contribution in [0, 0.1) is 11.6 Å². The Kier molecular flexibility index (Phi) is 5.38. The van der Waals surface area contributed by atoms with E-state index in [9.17, 15) is 23.5 Å². The molecule has 4 aromatic rings. The van der Waals surface area contributed by atoms with Gasteiger partial charge in [-0.2, -0.15) is 5.10 Å². The fraction of sp³-hybridized carbons (Fsp3) is 0. The van der Waals surface area contributed by atoms with Crippen LogP contribution in [0.25, 0.3) is 16.6 Å². The minimum absolute atomic E-state index is 0.0393. The summed E-state index contributed by atoms with van der Waals surface area (Å²) in [6.45, 7) is 0. The molecule has 0 unspecified atom stereocenters. The van der Waals surface area contributed by atoms with Crippen molar-refractivity contribution in [3.63, 3.8) is 0 Å². The van der Waals surface area contributed by atoms with E-state index in [4.69, 9.17) is 5.73 Å². The van der Waals surface area contributed by atoms with Gasteiger partial charge in [0.1, 0.15) is 17.2 Å². The molecule has 0 saturated heterocycles. The predicted octanol–water partition coefficient (Wildman–Crippen LogP) is 4.00. The SMILES string of the molecule is Nc1ccc(-n2cc(C(=O)O)c(=O)c3cc(F)c(N/N=C/c4ccc(F)cc4)cc32)cc1. The smallest absolute Gasteiger partial charge is 0.341 e. The largest absolute Gasteiger partial charge is 0.477 e. The van der Waals surface area contributed by atoms with Crippen LogP contribution in [0.15, 0.2) is 76.8 Å². The zero-order valence-electron chi connectivity index (χ0n) is 16.4. The van der Waals surface area contributed by atoms with Gasteiger partial charge in [0.2, 0.25) is 5.43 Å². The van der Waals surface area contributed by atoms with Crippen molar-refractivity contribution in [1.29, 1.82) is 0 Å². The number of carboxylic acids is 1. The molecule has 0 saturated carbocycles. The summed E-state index contributed by atoms with van der Waals surface area (Å²) in [5, 5.41) is 13.3. The molecule has 0 aliphatic heterocycles. The first-order valence-electron chi connectivity index (χ1n) is 9.36. The van der Waals surface area contributed by atoms with Gasteiger partial charge in [-0.3, -0.25) is 10.2 Å². The molecular weight excluding hydrogens is 418 g/mol. The molecule has 1 aromatic heterocycles. The van der Waals surface area contributed by atoms with E-state index in [1.807, 2.05) is 0 Å². The summed E-state index contributed by atoms with van der Waals surface area (Å²) in [7, 11) is 0. The molecule has 4 rings (SSSR count). The van der Waals surface area contributed by atoms with E-state index < -0.39 is 28.6 Å². The first-order chi connectivity index (χ1) is 15.3. The number of nitrogens with one attached hydrogen (secondary N) is 1. The third kappa shape index (κ3) is 4.04. The van der Waals surface area contributed by atoms with Crippen LogP contribution in [0.1, 0.15) is 15.9 Å². The molecule has 32 heavy (non-hydrogen) atoms. The van der Waals surface area contributed by atoms with E-state index in [-0.39, 0.29) is 16.6 Å². The number of carbonyl (C=O) groups is 1. The normalized spacial score (nSPS) is 11.2. The second-order valence-corrected chi connectivity index (χ2v) is 6.91. The molecule has 160 valence electrons. The molecule has 9 heteroatoms. The Labute approximate surface area is 180 Å². The van der Waals surface area contributed by atoms with Crippen molar-refractivity contribution in [3.8, 4) is 5.69 Å². The fourth-order valence-electron chi connectivity index (χ4n) is 3.16. The van der Waals surface area contributed by atoms with Gasteiger partial charge in [-0.15, -0.1) is 0 Å². The van der Waals surface area contributed by atoms with Crippen molar-refractivity contribution in [2.45, 2.75) is 0 Å². The van der Waals surface area contributed by atoms with Crippen LogP contribution in [0.2, 0.25) is 0 Å². The monoisotopic (exact) mass is 434 g/mol. The number of halogens is 2. The molecule has 0 bridgehead atoms. The summed E-state index contributed by atoms with van der Waals surface area (Å²) in [5.41, 5.74) is 8.83. The van der Waals surface area contributed by atoms with Gasteiger partial charge in [-0.1, -0.05) is 12.1 Å². The Morgan fingerprint density at radius 3 is 2.41 bits per heavy atom. The van der Waals surface area contributed by atoms with Crippen LogP contribution in [-0.4, -0.2) is 21.9 Å². The number of anilines is 2. The molecule has 0 fully saturated rings. The fourth-order valence-corrected chi connectivity index (χ4v) is 3.16. The summed E-state index contributed by atoms with van der Waals surface area (Å²) in [4.78, 5) is 24.2. The van der Waals surface area contributed by atoms with Gasteiger partial charge in [0.15, 0.2) is 0 Å². The van der Waals surface area contributed by atoms with Crippen molar-refractivity contribution >= 4 is 34.5 Å². The Morgan fingerprint density at radius 1 is 1.06 bits per heavy atom. The lowest BCUT2D eigenvalue weighted by Gasteiger charge is -2.14. The van der Waals surface area contributed by atoms with Crippen molar-refractivity contribution in [2.75, 3.05) is 11.2 Å². The molecule has 0 radical (unpaired) electrons. The number of carboxylic acid groups (broad SMARTS) is 1. The van der Waals surface area contributed by atoms with Crippen molar-refractivity contribution in [1.82, 2.24) is 4.57 Å². The van der Waals surface area contributed by atoms with E-state index in [2.05, 4.69) is 10.5 Å². The molecule has 0 amide bonds. The third-order valence-electron chi connectivity index (χ3n) is 4.76. The lowest BCUT2D eigenvalue weighted by atomic mass is 10.1. The highest BCUT2D eigenvalue weighted by Crippen LogP contribution is 2.25. The minimum Gasteiger partial charge on any atom is -0.477 e. The lowest BCUT2D eigenvalue weighted by Crippen LogP contribution is -2.18. The van der Waals surface area contributed by atoms with Gasteiger partial charge in [-0.25, -0.2) is 13.6 Å². The van der Waals surface area contributed by atoms with Crippen LogP contribution in [-0.2, 0) is 0 Å². The third-order valence-corrected chi connectivity index (χ3v) is 4.76. The predicted molar refractivity (Wildman–Crippen MR) is 118 cm³/mol. The van der Waals surface area contributed by atoms with Gasteiger partial charge < -0.3 is 15.4 Å². The number of hydrogen-bond donors (Lipinski definition) is 3. The van der Waals surface area contributed by atoms with Crippen LogP contribution in [0.3, 0.4) is 0 Å². The molecule has 4 N–H and O–H groups in total. The first-order valence-corrected chi connectivity index (χ1v) is 9.36. The topological polar surface area (TPSA) is 110 Å². The zero-order chi connectivity index (χ0) is 22.8. The Balaban J connectivity index is 1.83. The molecule has 0 atom stereocenters. The van der Waals surface area contributed by atoms with Crippen molar-refractivity contribution in [2.24, 2.45) is 5.10 Å². The number of hydrogen-bond acceptors (Lipinski definition) is 5. The first kappa shape index (κ1) is 20.7. The summed E-state index contributed by atoms with van der Waals surface area (Å²) >= 11 is 0. The summed E-state index contributed by atoms with van der Waals surface area (Å²) in [6.07, 6.45) is 2.56. The number of pyridine rings is 1. The summed E-state index contributed by atoms with van der Waals surface area (Å²) in [6, 6.07) is 14.4. The summed E-state index contributed by atoms with van der Waals surface area (Å²) < 4.78 is 29.2. The number of fused-ring (bicyclic) bond motifs is 1. The Morgan fingerprint density at radius 2 is 1.75 bits per heavy atom. The zero-order valence-corrected chi connectivity index (χ0v) is 16.4. The number of hydrazone groups is 1. The van der Waals surface area contributed by atoms with E-state index in [1.54, 1.807) is 24.3 Å². The van der Waals surface area contributed by atoms with E-state index >= 15 is 0 Å². The maximum Gasteiger partial charge on any atom is 0.341 e. The van der Waals surface area contributed by atoms with Crippen LogP contribution in [0.4, 0.5) is 20.2 Å². The van der Waals surface area contributed by atoms with Gasteiger partial charge in [0, 0.05) is 23.0 Å². The highest BCUT2D eigenvalue weighted by atomic mass is 19.1. The average Bonchev–Trinajstić information content (AvgIpc) is 2.77. The van der Waals surface area contributed by atoms with E-state index in [0.29, 0.717) is 16.9 Å². The minimum atomic E-state index is -1.42. The standard InChI is InChI=1S/C23H16F2N4O3/c24-14-3-1-13(2-4-14)11-27-28-20-10-21-17(9-19(20)25)22(30)18(23(31)32)12-29(21)16-7-5-15(26)6-8-16/h1-12,28H,26H2,(H,31,32)/b27-11+. The Hall–Kier alpha value is -4.53. The molecule has 0 aliphatic rings. The number of aromatic nitrogens is 1. The highest BCUT2D eigenvalue weighted by molar-refractivity contribution is 5.94. The second kappa shape index (κ2) is 8.31. The van der Waals surface area contributed by atoms with Crippen molar-refractivity contribution < 1.29 is 18.7 Å². The Bertz CT molecular complexity index is 1410. The molecule has 0 aliphatic carbocycles. The molecule has 7 nitrogen and oxygen atoms in total. The van der Waals surface area contributed by atoms with Gasteiger partial charge in [0.25, 0.3) is 0 Å². The average molecular weight is 434 g/mol. The van der Waals surface area contributed by atoms with Gasteiger partial charge in [0.05, 0.1) is 17.4 Å². The summed E-state index contributed by atoms with van der Waals surface area (Å²) in [5.74, 6) is -2.61. The maximum absolute atomic E-state index is 14.7.